The Bertz CT molecular complexity index is 318. The molecule has 1 saturated heterocycles. The molecule has 1 aromatic carbocycles. The SMILES string of the molecule is CCc1ccc(SN2CCC2)cc1C. The minimum Gasteiger partial charge on any atom is -0.246 e. The van der Waals surface area contributed by atoms with Gasteiger partial charge in [-0.25, -0.2) is 4.31 Å². The van der Waals surface area contributed by atoms with E-state index in [-0.39, 0.29) is 0 Å². The number of hydrogen-bond acceptors (Lipinski definition) is 2. The lowest BCUT2D eigenvalue weighted by Crippen LogP contribution is -2.30. The normalized spacial score (nSPS) is 16.7. The minimum absolute atomic E-state index is 1.14. The Hall–Kier alpha value is -0.470. The largest absolute Gasteiger partial charge is 0.246 e. The van der Waals surface area contributed by atoms with Gasteiger partial charge in [-0.1, -0.05) is 13.0 Å². The van der Waals surface area contributed by atoms with Gasteiger partial charge in [-0.15, -0.1) is 0 Å². The second kappa shape index (κ2) is 4.37. The van der Waals surface area contributed by atoms with Crippen LogP contribution in [0, 0.1) is 6.92 Å². The van der Waals surface area contributed by atoms with E-state index in [0.717, 1.165) is 6.42 Å². The van der Waals surface area contributed by atoms with Crippen LogP contribution in [-0.2, 0) is 6.42 Å². The first-order valence-electron chi connectivity index (χ1n) is 5.32. The molecule has 0 saturated carbocycles. The van der Waals surface area contributed by atoms with Gasteiger partial charge < -0.3 is 0 Å². The highest BCUT2D eigenvalue weighted by atomic mass is 32.2. The second-order valence-corrected chi connectivity index (χ2v) is 4.99. The van der Waals surface area contributed by atoms with Gasteiger partial charge in [0.05, 0.1) is 0 Å². The summed E-state index contributed by atoms with van der Waals surface area (Å²) >= 11 is 1.90. The van der Waals surface area contributed by atoms with E-state index in [1.54, 1.807) is 0 Å². The molecule has 0 atom stereocenters. The summed E-state index contributed by atoms with van der Waals surface area (Å²) in [4.78, 5) is 1.39. The Morgan fingerprint density at radius 2 is 2.14 bits per heavy atom. The molecule has 1 aliphatic heterocycles. The van der Waals surface area contributed by atoms with Gasteiger partial charge in [-0.2, -0.15) is 0 Å². The lowest BCUT2D eigenvalue weighted by Gasteiger charge is -2.29. The van der Waals surface area contributed by atoms with Crippen LogP contribution in [-0.4, -0.2) is 17.4 Å². The summed E-state index contributed by atoms with van der Waals surface area (Å²) in [5.41, 5.74) is 2.90. The number of aryl methyl sites for hydroxylation is 2. The monoisotopic (exact) mass is 207 g/mol. The summed E-state index contributed by atoms with van der Waals surface area (Å²) in [5.74, 6) is 0. The van der Waals surface area contributed by atoms with Gasteiger partial charge in [0.15, 0.2) is 0 Å². The molecule has 76 valence electrons. The zero-order chi connectivity index (χ0) is 9.97. The lowest BCUT2D eigenvalue weighted by atomic mass is 10.1. The van der Waals surface area contributed by atoms with Gasteiger partial charge in [-0.3, -0.25) is 0 Å². The molecule has 1 fully saturated rings. The molecule has 0 amide bonds. The molecular weight excluding hydrogens is 190 g/mol. The Balaban J connectivity index is 2.07. The van der Waals surface area contributed by atoms with Gasteiger partial charge >= 0.3 is 0 Å². The number of hydrogen-bond donors (Lipinski definition) is 0. The first kappa shape index (κ1) is 10.1. The van der Waals surface area contributed by atoms with Crippen LogP contribution in [0.2, 0.25) is 0 Å². The van der Waals surface area contributed by atoms with Gasteiger partial charge in [-0.05, 0) is 55.0 Å². The Morgan fingerprint density at radius 3 is 2.64 bits per heavy atom. The van der Waals surface area contributed by atoms with E-state index in [1.165, 1.54) is 35.5 Å². The van der Waals surface area contributed by atoms with Crippen LogP contribution in [0.3, 0.4) is 0 Å². The molecule has 0 unspecified atom stereocenters. The summed E-state index contributed by atoms with van der Waals surface area (Å²) in [5, 5.41) is 0. The third-order valence-corrected chi connectivity index (χ3v) is 3.83. The summed E-state index contributed by atoms with van der Waals surface area (Å²) in [6.07, 6.45) is 2.50. The minimum atomic E-state index is 1.14. The molecule has 0 aromatic heterocycles. The Morgan fingerprint density at radius 1 is 1.36 bits per heavy atom. The fourth-order valence-corrected chi connectivity index (χ4v) is 2.75. The van der Waals surface area contributed by atoms with Crippen LogP contribution in [0.5, 0.6) is 0 Å². The van der Waals surface area contributed by atoms with Crippen molar-refractivity contribution in [2.45, 2.75) is 31.6 Å². The lowest BCUT2D eigenvalue weighted by molar-refractivity contribution is 0.344. The smallest absolute Gasteiger partial charge is 0.0233 e. The molecule has 1 heterocycles. The summed E-state index contributed by atoms with van der Waals surface area (Å²) < 4.78 is 2.42. The standard InChI is InChI=1S/C12H17NS/c1-3-11-5-6-12(9-10(11)2)14-13-7-4-8-13/h5-6,9H,3-4,7-8H2,1-2H3. The highest BCUT2D eigenvalue weighted by molar-refractivity contribution is 7.97. The van der Waals surface area contributed by atoms with E-state index >= 15 is 0 Å². The van der Waals surface area contributed by atoms with Gasteiger partial charge in [0.25, 0.3) is 0 Å². The van der Waals surface area contributed by atoms with Crippen LogP contribution >= 0.6 is 11.9 Å². The quantitative estimate of drug-likeness (QED) is 0.700. The fraction of sp³-hybridized carbons (Fsp3) is 0.500. The van der Waals surface area contributed by atoms with E-state index in [4.69, 9.17) is 0 Å². The molecule has 2 rings (SSSR count). The van der Waals surface area contributed by atoms with Crippen molar-refractivity contribution in [2.75, 3.05) is 13.1 Å². The number of rotatable bonds is 3. The van der Waals surface area contributed by atoms with E-state index in [0.29, 0.717) is 0 Å². The third-order valence-electron chi connectivity index (χ3n) is 2.74. The van der Waals surface area contributed by atoms with Crippen LogP contribution in [0.1, 0.15) is 24.5 Å². The van der Waals surface area contributed by atoms with Crippen LogP contribution in [0.25, 0.3) is 0 Å². The van der Waals surface area contributed by atoms with Gasteiger partial charge in [0.1, 0.15) is 0 Å². The maximum absolute atomic E-state index is 2.42. The zero-order valence-corrected chi connectivity index (χ0v) is 9.73. The fourth-order valence-electron chi connectivity index (χ4n) is 1.65. The highest BCUT2D eigenvalue weighted by Gasteiger charge is 2.14. The summed E-state index contributed by atoms with van der Waals surface area (Å²) in [6.45, 7) is 6.92. The Labute approximate surface area is 90.6 Å². The predicted molar refractivity (Wildman–Crippen MR) is 62.6 cm³/mol. The van der Waals surface area contributed by atoms with Crippen molar-refractivity contribution in [1.82, 2.24) is 4.31 Å². The molecule has 0 spiro atoms. The number of nitrogens with zero attached hydrogens (tertiary/aromatic N) is 1. The number of benzene rings is 1. The topological polar surface area (TPSA) is 3.24 Å². The Kier molecular flexibility index (Phi) is 3.14. The van der Waals surface area contributed by atoms with Crippen molar-refractivity contribution in [3.8, 4) is 0 Å². The van der Waals surface area contributed by atoms with Crippen molar-refractivity contribution in [3.05, 3.63) is 29.3 Å². The van der Waals surface area contributed by atoms with E-state index < -0.39 is 0 Å². The first-order valence-corrected chi connectivity index (χ1v) is 6.09. The van der Waals surface area contributed by atoms with E-state index in [2.05, 4.69) is 36.4 Å². The predicted octanol–water partition coefficient (Wildman–Crippen LogP) is 3.27. The maximum Gasteiger partial charge on any atom is 0.0233 e. The molecule has 0 aliphatic carbocycles. The summed E-state index contributed by atoms with van der Waals surface area (Å²) in [7, 11) is 0. The molecule has 0 N–H and O–H groups in total. The van der Waals surface area contributed by atoms with Crippen LogP contribution in [0.15, 0.2) is 23.1 Å². The van der Waals surface area contributed by atoms with E-state index in [9.17, 15) is 0 Å². The van der Waals surface area contributed by atoms with Crippen LogP contribution in [0.4, 0.5) is 0 Å². The average molecular weight is 207 g/mol. The second-order valence-electron chi connectivity index (χ2n) is 3.82. The van der Waals surface area contributed by atoms with Gasteiger partial charge in [0.2, 0.25) is 0 Å². The third kappa shape index (κ3) is 2.12. The molecule has 1 nitrogen and oxygen atoms in total. The summed E-state index contributed by atoms with van der Waals surface area (Å²) in [6, 6.07) is 6.81. The zero-order valence-electron chi connectivity index (χ0n) is 8.92. The van der Waals surface area contributed by atoms with E-state index in [1.807, 2.05) is 11.9 Å². The molecule has 2 heteroatoms. The average Bonchev–Trinajstić information content (AvgIpc) is 2.12. The molecule has 14 heavy (non-hydrogen) atoms. The molecular formula is C12H17NS. The molecule has 0 bridgehead atoms. The van der Waals surface area contributed by atoms with Crippen molar-refractivity contribution < 1.29 is 0 Å². The maximum atomic E-state index is 2.42. The van der Waals surface area contributed by atoms with Crippen molar-refractivity contribution in [1.29, 1.82) is 0 Å². The van der Waals surface area contributed by atoms with Crippen LogP contribution < -0.4 is 0 Å². The van der Waals surface area contributed by atoms with Crippen molar-refractivity contribution in [3.63, 3.8) is 0 Å². The first-order chi connectivity index (χ1) is 6.79. The molecule has 0 radical (unpaired) electrons. The highest BCUT2D eigenvalue weighted by Crippen LogP contribution is 2.28. The molecule has 1 aromatic rings. The van der Waals surface area contributed by atoms with Gasteiger partial charge in [0, 0.05) is 18.0 Å². The van der Waals surface area contributed by atoms with Crippen molar-refractivity contribution >= 4 is 11.9 Å². The molecule has 1 aliphatic rings. The van der Waals surface area contributed by atoms with Crippen molar-refractivity contribution in [2.24, 2.45) is 0 Å².